The van der Waals surface area contributed by atoms with Crippen LogP contribution in [0.2, 0.25) is 0 Å². The molecule has 4 heteroatoms. The Kier molecular flexibility index (Phi) is 27.4. The quantitative estimate of drug-likeness (QED) is 0.201. The molecule has 1 fully saturated rings. The van der Waals surface area contributed by atoms with E-state index in [1.165, 1.54) is 0 Å². The normalized spacial score (nSPS) is 14.6. The Morgan fingerprint density at radius 2 is 0.481 bits per heavy atom. The van der Waals surface area contributed by atoms with E-state index in [1.54, 1.807) is 0 Å². The fourth-order valence-electron chi connectivity index (χ4n) is 0.513. The van der Waals surface area contributed by atoms with E-state index in [0.717, 1.165) is 0 Å². The van der Waals surface area contributed by atoms with Gasteiger partial charge in [-0.1, -0.05) is 62.3 Å². The van der Waals surface area contributed by atoms with Gasteiger partial charge in [-0.25, -0.2) is 0 Å². The summed E-state index contributed by atoms with van der Waals surface area (Å²) in [7, 11) is 11.6. The number of hydrogen-bond donors (Lipinski definition) is 0. The molecular weight excluding hydrogens is 548 g/mol. The van der Waals surface area contributed by atoms with Crippen LogP contribution < -0.4 is 0 Å². The van der Waals surface area contributed by atoms with E-state index < -0.39 is 0 Å². The van der Waals surface area contributed by atoms with E-state index in [-0.39, 0.29) is 42.1 Å². The summed E-state index contributed by atoms with van der Waals surface area (Å²) in [6.45, 7) is 18.5. The largest absolute Gasteiger partial charge is 0.0557 e. The van der Waals surface area contributed by atoms with E-state index in [0.29, 0.717) is 0 Å². The molecule has 0 nitrogen and oxygen atoms in total. The molecule has 0 N–H and O–H groups in total. The van der Waals surface area contributed by atoms with E-state index >= 15 is 0 Å². The van der Waals surface area contributed by atoms with Crippen molar-refractivity contribution >= 4 is 44.0 Å². The second-order valence-electron chi connectivity index (χ2n) is 8.63. The molecule has 0 aromatic rings. The maximum Gasteiger partial charge on any atom is 0 e. The van der Waals surface area contributed by atoms with Crippen molar-refractivity contribution < 1.29 is 25.8 Å². The van der Waals surface area contributed by atoms with Crippen LogP contribution in [0.25, 0.3) is 0 Å². The fraction of sp³-hybridized carbons (Fsp3) is 0.522. The summed E-state index contributed by atoms with van der Waals surface area (Å²) in [5, 5.41) is 0. The molecular formula is C23H35HfP3. The molecule has 14 radical (unpaired) electrons. The molecule has 1 aliphatic carbocycles. The van der Waals surface area contributed by atoms with Crippen LogP contribution >= 0.6 is 26.6 Å². The first-order chi connectivity index (χ1) is 11.7. The summed E-state index contributed by atoms with van der Waals surface area (Å²) in [5.74, 6) is 8.40. The zero-order valence-electron chi connectivity index (χ0n) is 18.5. The van der Waals surface area contributed by atoms with Gasteiger partial charge in [-0.2, -0.15) is 0 Å². The molecule has 1 aliphatic rings. The van der Waals surface area contributed by atoms with Crippen molar-refractivity contribution in [2.24, 2.45) is 16.2 Å². The Morgan fingerprint density at radius 1 is 0.407 bits per heavy atom. The SMILES string of the molecule is CC(C)(C)[C]=[P].CC(C)(C)[C]=[P].CC(C)(C)[C]=[P].[CH]1[CH][CH][CH][CH][CH][CH][CH]1.[Hf]. The topological polar surface area (TPSA) is 0 Å². The molecule has 0 spiro atoms. The minimum absolute atomic E-state index is 0. The van der Waals surface area contributed by atoms with Crippen molar-refractivity contribution in [3.05, 3.63) is 51.4 Å². The Balaban J connectivity index is -0.000000131. The molecule has 1 rings (SSSR count). The molecule has 0 aliphatic heterocycles. The summed E-state index contributed by atoms with van der Waals surface area (Å²) in [5.41, 5.74) is 0.468. The maximum absolute atomic E-state index is 3.85. The van der Waals surface area contributed by atoms with Gasteiger partial charge in [-0.05, 0) is 112 Å². The van der Waals surface area contributed by atoms with Gasteiger partial charge in [0, 0.05) is 25.8 Å². The van der Waals surface area contributed by atoms with Gasteiger partial charge in [0.05, 0.1) is 0 Å². The molecule has 0 aromatic heterocycles. The van der Waals surface area contributed by atoms with Crippen molar-refractivity contribution in [2.75, 3.05) is 0 Å². The monoisotopic (exact) mass is 584 g/mol. The molecule has 1 saturated carbocycles. The minimum atomic E-state index is 0. The van der Waals surface area contributed by atoms with Gasteiger partial charge in [-0.3, -0.25) is 0 Å². The molecule has 0 atom stereocenters. The third-order valence-corrected chi connectivity index (χ3v) is 3.91. The summed E-state index contributed by atoms with van der Waals surface area (Å²) in [6, 6.07) is 0. The van der Waals surface area contributed by atoms with Crippen LogP contribution in [-0.2, 0) is 25.8 Å². The molecule has 146 valence electrons. The van der Waals surface area contributed by atoms with E-state index in [1.807, 2.05) is 51.4 Å². The smallest absolute Gasteiger partial charge is 0 e. The molecule has 0 saturated heterocycles. The summed E-state index contributed by atoms with van der Waals surface area (Å²) < 4.78 is 0. The van der Waals surface area contributed by atoms with Gasteiger partial charge in [0.1, 0.15) is 0 Å². The van der Waals surface area contributed by atoms with Crippen LogP contribution in [0.4, 0.5) is 0 Å². The van der Waals surface area contributed by atoms with Crippen molar-refractivity contribution in [3.63, 3.8) is 0 Å². The van der Waals surface area contributed by atoms with Gasteiger partial charge in [-0.15, -0.1) is 0 Å². The van der Waals surface area contributed by atoms with Crippen LogP contribution in [0, 0.1) is 67.6 Å². The van der Waals surface area contributed by atoms with E-state index in [9.17, 15) is 0 Å². The van der Waals surface area contributed by atoms with Crippen LogP contribution in [0.5, 0.6) is 0 Å². The Labute approximate surface area is 198 Å². The standard InChI is InChI=1S/C8H8.3C5H9P.Hf/c1-2-4-6-8-7-5-3-1;3*1-5(2,3)4-6;/h1-8H;3*1-3H3;. The first-order valence-corrected chi connectivity index (χ1v) is 9.93. The van der Waals surface area contributed by atoms with Gasteiger partial charge in [0.2, 0.25) is 0 Å². The maximum atomic E-state index is 3.85. The predicted molar refractivity (Wildman–Crippen MR) is 129 cm³/mol. The van der Waals surface area contributed by atoms with Crippen LogP contribution in [-0.4, -0.2) is 17.4 Å². The Bertz CT molecular complexity index is 277. The van der Waals surface area contributed by atoms with Gasteiger partial charge in [0.25, 0.3) is 0 Å². The molecule has 0 aromatic carbocycles. The zero-order chi connectivity index (χ0) is 21.3. The van der Waals surface area contributed by atoms with E-state index in [2.05, 4.69) is 106 Å². The van der Waals surface area contributed by atoms with Gasteiger partial charge < -0.3 is 0 Å². The van der Waals surface area contributed by atoms with Crippen molar-refractivity contribution in [2.45, 2.75) is 62.3 Å². The average Bonchev–Trinajstić information content (AvgIpc) is 2.46. The Hall–Kier alpha value is 1.38. The van der Waals surface area contributed by atoms with Crippen LogP contribution in [0.3, 0.4) is 0 Å². The molecule has 27 heavy (non-hydrogen) atoms. The summed E-state index contributed by atoms with van der Waals surface area (Å²) in [6.07, 6.45) is 16.0. The fourth-order valence-corrected chi connectivity index (χ4v) is 0.513. The average molecular weight is 583 g/mol. The molecule has 0 bridgehead atoms. The third kappa shape index (κ3) is 52.2. The van der Waals surface area contributed by atoms with Crippen molar-refractivity contribution in [1.29, 1.82) is 0 Å². The third-order valence-electron chi connectivity index (χ3n) is 1.90. The second kappa shape index (κ2) is 20.6. The molecule has 0 heterocycles. The van der Waals surface area contributed by atoms with Crippen LogP contribution in [0.15, 0.2) is 0 Å². The first-order valence-electron chi connectivity index (χ1n) is 8.59. The second-order valence-corrected chi connectivity index (χ2v) is 9.30. The molecule has 0 unspecified atom stereocenters. The van der Waals surface area contributed by atoms with Crippen molar-refractivity contribution in [1.82, 2.24) is 0 Å². The minimum Gasteiger partial charge on any atom is -0.0557 e. The first kappa shape index (κ1) is 35.8. The molecule has 0 amide bonds. The number of hydrogen-bond acceptors (Lipinski definition) is 0. The Morgan fingerprint density at radius 3 is 0.519 bits per heavy atom. The predicted octanol–water partition coefficient (Wildman–Crippen LogP) is 8.00. The summed E-state index contributed by atoms with van der Waals surface area (Å²) >= 11 is 0. The summed E-state index contributed by atoms with van der Waals surface area (Å²) in [4.78, 5) is 0. The van der Waals surface area contributed by atoms with Crippen LogP contribution in [0.1, 0.15) is 62.3 Å². The number of rotatable bonds is 0. The zero-order valence-corrected chi connectivity index (χ0v) is 24.7. The van der Waals surface area contributed by atoms with E-state index in [4.69, 9.17) is 0 Å². The van der Waals surface area contributed by atoms with Crippen molar-refractivity contribution in [3.8, 4) is 0 Å². The van der Waals surface area contributed by atoms with Gasteiger partial charge >= 0.3 is 0 Å². The van der Waals surface area contributed by atoms with Gasteiger partial charge in [0.15, 0.2) is 0 Å².